The molecule has 0 saturated carbocycles. The Hall–Kier alpha value is -2.36. The summed E-state index contributed by atoms with van der Waals surface area (Å²) in [6.07, 6.45) is 0. The second-order valence-electron chi connectivity index (χ2n) is 4.90. The smallest absolute Gasteiger partial charge is 0.332 e. The SMILES string of the molecule is COC(=O)C(Nc1cccc(F)c1)c1cccc(C)c1C. The van der Waals surface area contributed by atoms with E-state index in [1.165, 1.54) is 19.2 Å². The number of benzene rings is 2. The predicted octanol–water partition coefficient (Wildman–Crippen LogP) is 3.77. The number of esters is 1. The zero-order chi connectivity index (χ0) is 15.4. The van der Waals surface area contributed by atoms with Crippen LogP contribution in [-0.2, 0) is 9.53 Å². The summed E-state index contributed by atoms with van der Waals surface area (Å²) in [4.78, 5) is 12.1. The fraction of sp³-hybridized carbons (Fsp3) is 0.235. The highest BCUT2D eigenvalue weighted by Gasteiger charge is 2.23. The van der Waals surface area contributed by atoms with Crippen LogP contribution in [0.1, 0.15) is 22.7 Å². The standard InChI is InChI=1S/C17H18FNO2/c1-11-6-4-9-15(12(11)2)16(17(20)21-3)19-14-8-5-7-13(18)10-14/h4-10,16,19H,1-3H3. The second-order valence-corrected chi connectivity index (χ2v) is 4.90. The molecule has 0 aromatic heterocycles. The average Bonchev–Trinajstić information content (AvgIpc) is 2.47. The maximum absolute atomic E-state index is 13.3. The van der Waals surface area contributed by atoms with Crippen LogP contribution in [0.4, 0.5) is 10.1 Å². The van der Waals surface area contributed by atoms with E-state index < -0.39 is 12.0 Å². The summed E-state index contributed by atoms with van der Waals surface area (Å²) >= 11 is 0. The quantitative estimate of drug-likeness (QED) is 0.870. The molecule has 2 aromatic carbocycles. The van der Waals surface area contributed by atoms with Crippen molar-refractivity contribution < 1.29 is 13.9 Å². The number of aryl methyl sites for hydroxylation is 1. The first-order valence-corrected chi connectivity index (χ1v) is 6.69. The molecule has 0 aliphatic rings. The molecule has 0 heterocycles. The fourth-order valence-electron chi connectivity index (χ4n) is 2.21. The number of ether oxygens (including phenoxy) is 1. The average molecular weight is 287 g/mol. The third-order valence-electron chi connectivity index (χ3n) is 3.53. The van der Waals surface area contributed by atoms with Crippen molar-refractivity contribution in [1.82, 2.24) is 0 Å². The second kappa shape index (κ2) is 6.39. The van der Waals surface area contributed by atoms with Crippen LogP contribution < -0.4 is 5.32 Å². The molecule has 0 spiro atoms. The van der Waals surface area contributed by atoms with Gasteiger partial charge in [0.1, 0.15) is 5.82 Å². The van der Waals surface area contributed by atoms with E-state index >= 15 is 0 Å². The van der Waals surface area contributed by atoms with E-state index in [0.717, 1.165) is 16.7 Å². The summed E-state index contributed by atoms with van der Waals surface area (Å²) < 4.78 is 18.2. The van der Waals surface area contributed by atoms with Crippen LogP contribution in [0.5, 0.6) is 0 Å². The van der Waals surface area contributed by atoms with Crippen molar-refractivity contribution in [3.05, 3.63) is 65.0 Å². The zero-order valence-corrected chi connectivity index (χ0v) is 12.3. The van der Waals surface area contributed by atoms with Gasteiger partial charge in [-0.05, 0) is 48.7 Å². The molecule has 2 aromatic rings. The molecule has 0 bridgehead atoms. The van der Waals surface area contributed by atoms with Crippen LogP contribution in [0, 0.1) is 19.7 Å². The van der Waals surface area contributed by atoms with Gasteiger partial charge in [0.15, 0.2) is 6.04 Å². The van der Waals surface area contributed by atoms with Crippen molar-refractivity contribution in [2.75, 3.05) is 12.4 Å². The first-order chi connectivity index (χ1) is 10.0. The Morgan fingerprint density at radius 1 is 1.19 bits per heavy atom. The van der Waals surface area contributed by atoms with Gasteiger partial charge in [-0.2, -0.15) is 0 Å². The minimum atomic E-state index is -0.670. The molecule has 1 N–H and O–H groups in total. The fourth-order valence-corrected chi connectivity index (χ4v) is 2.21. The molecule has 1 unspecified atom stereocenters. The van der Waals surface area contributed by atoms with E-state index in [9.17, 15) is 9.18 Å². The number of methoxy groups -OCH3 is 1. The lowest BCUT2D eigenvalue weighted by atomic mass is 9.97. The number of carbonyl (C=O) groups excluding carboxylic acids is 1. The van der Waals surface area contributed by atoms with E-state index in [4.69, 9.17) is 4.74 Å². The summed E-state index contributed by atoms with van der Waals surface area (Å²) in [5.41, 5.74) is 3.46. The summed E-state index contributed by atoms with van der Waals surface area (Å²) in [6, 6.07) is 11.1. The Labute approximate surface area is 123 Å². The number of hydrogen-bond donors (Lipinski definition) is 1. The minimum absolute atomic E-state index is 0.357. The normalized spacial score (nSPS) is 11.8. The highest BCUT2D eigenvalue weighted by molar-refractivity contribution is 5.81. The van der Waals surface area contributed by atoms with Crippen molar-refractivity contribution in [1.29, 1.82) is 0 Å². The molecule has 4 heteroatoms. The monoisotopic (exact) mass is 287 g/mol. The summed E-state index contributed by atoms with van der Waals surface area (Å²) in [6.45, 7) is 3.93. The topological polar surface area (TPSA) is 38.3 Å². The van der Waals surface area contributed by atoms with Gasteiger partial charge >= 0.3 is 5.97 Å². The Balaban J connectivity index is 2.39. The first kappa shape index (κ1) is 15.0. The highest BCUT2D eigenvalue weighted by Crippen LogP contribution is 2.25. The molecule has 0 aliphatic heterocycles. The number of halogens is 1. The van der Waals surface area contributed by atoms with E-state index in [1.54, 1.807) is 12.1 Å². The Bertz CT molecular complexity index is 655. The Morgan fingerprint density at radius 3 is 2.57 bits per heavy atom. The van der Waals surface area contributed by atoms with Crippen molar-refractivity contribution in [2.24, 2.45) is 0 Å². The molecule has 0 amide bonds. The molecule has 2 rings (SSSR count). The molecule has 3 nitrogen and oxygen atoms in total. The number of carbonyl (C=O) groups is 1. The van der Waals surface area contributed by atoms with Crippen molar-refractivity contribution >= 4 is 11.7 Å². The Kier molecular flexibility index (Phi) is 4.58. The van der Waals surface area contributed by atoms with Crippen LogP contribution >= 0.6 is 0 Å². The van der Waals surface area contributed by atoms with Gasteiger partial charge in [-0.3, -0.25) is 0 Å². The first-order valence-electron chi connectivity index (χ1n) is 6.69. The number of anilines is 1. The van der Waals surface area contributed by atoms with Gasteiger partial charge in [-0.1, -0.05) is 24.3 Å². The van der Waals surface area contributed by atoms with Crippen molar-refractivity contribution in [3.8, 4) is 0 Å². The van der Waals surface area contributed by atoms with Gasteiger partial charge in [0.25, 0.3) is 0 Å². The van der Waals surface area contributed by atoms with Gasteiger partial charge in [0.05, 0.1) is 7.11 Å². The largest absolute Gasteiger partial charge is 0.467 e. The maximum atomic E-state index is 13.3. The molecule has 1 atom stereocenters. The van der Waals surface area contributed by atoms with Crippen LogP contribution in [0.15, 0.2) is 42.5 Å². The van der Waals surface area contributed by atoms with E-state index in [0.29, 0.717) is 5.69 Å². The Morgan fingerprint density at radius 2 is 1.90 bits per heavy atom. The number of hydrogen-bond acceptors (Lipinski definition) is 3. The third kappa shape index (κ3) is 3.40. The molecular weight excluding hydrogens is 269 g/mol. The summed E-state index contributed by atoms with van der Waals surface area (Å²) in [5.74, 6) is -0.766. The lowest BCUT2D eigenvalue weighted by Crippen LogP contribution is -2.23. The molecular formula is C17H18FNO2. The molecule has 21 heavy (non-hydrogen) atoms. The molecule has 0 aliphatic carbocycles. The van der Waals surface area contributed by atoms with E-state index in [2.05, 4.69) is 5.32 Å². The molecule has 110 valence electrons. The zero-order valence-electron chi connectivity index (χ0n) is 12.3. The van der Waals surface area contributed by atoms with Crippen LogP contribution in [-0.4, -0.2) is 13.1 Å². The summed E-state index contributed by atoms with van der Waals surface area (Å²) in [7, 11) is 1.34. The molecule has 0 radical (unpaired) electrons. The molecule has 0 fully saturated rings. The van der Waals surface area contributed by atoms with Gasteiger partial charge in [-0.25, -0.2) is 9.18 Å². The van der Waals surface area contributed by atoms with E-state index in [-0.39, 0.29) is 5.82 Å². The van der Waals surface area contributed by atoms with Gasteiger partial charge < -0.3 is 10.1 Å². The van der Waals surface area contributed by atoms with Crippen molar-refractivity contribution in [2.45, 2.75) is 19.9 Å². The highest BCUT2D eigenvalue weighted by atomic mass is 19.1. The van der Waals surface area contributed by atoms with Gasteiger partial charge in [0.2, 0.25) is 0 Å². The maximum Gasteiger partial charge on any atom is 0.332 e. The number of rotatable bonds is 4. The predicted molar refractivity (Wildman–Crippen MR) is 80.7 cm³/mol. The molecule has 0 saturated heterocycles. The summed E-state index contributed by atoms with van der Waals surface area (Å²) in [5, 5.41) is 3.04. The van der Waals surface area contributed by atoms with Crippen molar-refractivity contribution in [3.63, 3.8) is 0 Å². The lowest BCUT2D eigenvalue weighted by Gasteiger charge is -2.20. The van der Waals surface area contributed by atoms with Crippen LogP contribution in [0.25, 0.3) is 0 Å². The van der Waals surface area contributed by atoms with Crippen LogP contribution in [0.3, 0.4) is 0 Å². The van der Waals surface area contributed by atoms with Gasteiger partial charge in [0, 0.05) is 5.69 Å². The van der Waals surface area contributed by atoms with Gasteiger partial charge in [-0.15, -0.1) is 0 Å². The van der Waals surface area contributed by atoms with E-state index in [1.807, 2.05) is 32.0 Å². The number of nitrogens with one attached hydrogen (secondary N) is 1. The lowest BCUT2D eigenvalue weighted by molar-refractivity contribution is -0.141. The van der Waals surface area contributed by atoms with Crippen LogP contribution in [0.2, 0.25) is 0 Å². The third-order valence-corrected chi connectivity index (χ3v) is 3.53. The minimum Gasteiger partial charge on any atom is -0.467 e.